The summed E-state index contributed by atoms with van der Waals surface area (Å²) in [6.45, 7) is 0. The number of allylic oxidation sites excluding steroid dienone is 2. The van der Waals surface area contributed by atoms with E-state index in [9.17, 15) is 4.79 Å². The zero-order valence-electron chi connectivity index (χ0n) is 8.03. The molecule has 2 unspecified atom stereocenters. The van der Waals surface area contributed by atoms with Gasteiger partial charge in [0.25, 0.3) is 0 Å². The minimum absolute atomic E-state index is 0.0127. The van der Waals surface area contributed by atoms with Gasteiger partial charge < -0.3 is 4.74 Å². The van der Waals surface area contributed by atoms with Crippen molar-refractivity contribution in [3.05, 3.63) is 12.2 Å². The Hall–Kier alpha value is -0.790. The normalized spacial score (nSPS) is 37.2. The van der Waals surface area contributed by atoms with Crippen molar-refractivity contribution < 1.29 is 9.53 Å². The van der Waals surface area contributed by atoms with Crippen LogP contribution in [-0.2, 0) is 9.53 Å². The average molecular weight is 180 g/mol. The smallest absolute Gasteiger partial charge is 0.309 e. The predicted molar refractivity (Wildman–Crippen MR) is 50.1 cm³/mol. The lowest BCUT2D eigenvalue weighted by Gasteiger charge is -2.27. The van der Waals surface area contributed by atoms with Gasteiger partial charge in [0.15, 0.2) is 0 Å². The van der Waals surface area contributed by atoms with E-state index in [2.05, 4.69) is 12.2 Å². The lowest BCUT2D eigenvalue weighted by atomic mass is 9.78. The highest BCUT2D eigenvalue weighted by molar-refractivity contribution is 5.73. The van der Waals surface area contributed by atoms with Crippen LogP contribution in [0.15, 0.2) is 12.2 Å². The second-order valence-corrected chi connectivity index (χ2v) is 4.05. The summed E-state index contributed by atoms with van der Waals surface area (Å²) in [6, 6.07) is 0. The first-order valence-electron chi connectivity index (χ1n) is 5.07. The number of fused-ring (bicyclic) bond motifs is 1. The number of ether oxygens (including phenoxy) is 1. The van der Waals surface area contributed by atoms with E-state index in [-0.39, 0.29) is 11.9 Å². The molecule has 0 amide bonds. The first-order chi connectivity index (χ1) is 6.33. The third kappa shape index (κ3) is 1.50. The van der Waals surface area contributed by atoms with Crippen LogP contribution < -0.4 is 0 Å². The fourth-order valence-electron chi connectivity index (χ4n) is 2.75. The number of carbonyl (C=O) groups excluding carboxylic acids is 1. The lowest BCUT2D eigenvalue weighted by Crippen LogP contribution is -2.28. The molecule has 0 aromatic heterocycles. The summed E-state index contributed by atoms with van der Waals surface area (Å²) < 4.78 is 4.83. The minimum Gasteiger partial charge on any atom is -0.469 e. The van der Waals surface area contributed by atoms with Crippen molar-refractivity contribution in [1.29, 1.82) is 0 Å². The van der Waals surface area contributed by atoms with Gasteiger partial charge in [0, 0.05) is 0 Å². The molecule has 2 nitrogen and oxygen atoms in total. The van der Waals surface area contributed by atoms with Gasteiger partial charge in [-0.15, -0.1) is 0 Å². The Labute approximate surface area is 79.0 Å². The van der Waals surface area contributed by atoms with Gasteiger partial charge in [-0.05, 0) is 31.1 Å². The molecule has 2 rings (SSSR count). The Balaban J connectivity index is 2.12. The zero-order valence-corrected chi connectivity index (χ0v) is 8.03. The Morgan fingerprint density at radius 2 is 2.31 bits per heavy atom. The monoisotopic (exact) mass is 180 g/mol. The first kappa shape index (κ1) is 8.79. The molecule has 1 fully saturated rings. The maximum Gasteiger partial charge on any atom is 0.309 e. The van der Waals surface area contributed by atoms with Gasteiger partial charge in [0.2, 0.25) is 0 Å². The van der Waals surface area contributed by atoms with E-state index >= 15 is 0 Å². The van der Waals surface area contributed by atoms with Crippen LogP contribution in [0.4, 0.5) is 0 Å². The zero-order chi connectivity index (χ0) is 9.26. The van der Waals surface area contributed by atoms with Crippen molar-refractivity contribution in [3.8, 4) is 0 Å². The average Bonchev–Trinajstić information content (AvgIpc) is 2.63. The summed E-state index contributed by atoms with van der Waals surface area (Å²) in [5, 5.41) is 0. The van der Waals surface area contributed by atoms with Crippen molar-refractivity contribution in [1.82, 2.24) is 0 Å². The molecular formula is C11H16O2. The summed E-state index contributed by atoms with van der Waals surface area (Å²) in [7, 11) is 1.49. The molecule has 0 heterocycles. The number of hydrogen-bond donors (Lipinski definition) is 0. The highest BCUT2D eigenvalue weighted by Crippen LogP contribution is 2.42. The molecule has 0 spiro atoms. The summed E-state index contributed by atoms with van der Waals surface area (Å²) >= 11 is 0. The van der Waals surface area contributed by atoms with Crippen molar-refractivity contribution in [2.24, 2.45) is 17.8 Å². The van der Waals surface area contributed by atoms with Crippen LogP contribution in [0, 0.1) is 17.8 Å². The first-order valence-corrected chi connectivity index (χ1v) is 5.07. The maximum atomic E-state index is 11.5. The molecule has 1 saturated carbocycles. The standard InChI is InChI=1S/C11H16O2/c1-13-11(12)10-7-3-5-8-4-2-6-9(8)10/h3,5,8-10H,2,4,6-7H2,1H3/t8?,9?,10-/m1/s1. The van der Waals surface area contributed by atoms with Crippen LogP contribution in [0.5, 0.6) is 0 Å². The van der Waals surface area contributed by atoms with Crippen LogP contribution in [0.25, 0.3) is 0 Å². The molecule has 0 aliphatic heterocycles. The van der Waals surface area contributed by atoms with Crippen LogP contribution in [0.2, 0.25) is 0 Å². The summed E-state index contributed by atoms with van der Waals surface area (Å²) in [6.07, 6.45) is 9.05. The van der Waals surface area contributed by atoms with Gasteiger partial charge in [0.05, 0.1) is 13.0 Å². The number of rotatable bonds is 1. The van der Waals surface area contributed by atoms with Crippen LogP contribution in [0.3, 0.4) is 0 Å². The second-order valence-electron chi connectivity index (χ2n) is 4.05. The fraction of sp³-hybridized carbons (Fsp3) is 0.727. The summed E-state index contributed by atoms with van der Waals surface area (Å²) in [5.41, 5.74) is 0. The third-order valence-electron chi connectivity index (χ3n) is 3.42. The highest BCUT2D eigenvalue weighted by Gasteiger charge is 2.38. The molecule has 0 aromatic carbocycles. The molecular weight excluding hydrogens is 164 g/mol. The largest absolute Gasteiger partial charge is 0.469 e. The van der Waals surface area contributed by atoms with E-state index in [1.54, 1.807) is 0 Å². The van der Waals surface area contributed by atoms with E-state index in [0.29, 0.717) is 11.8 Å². The van der Waals surface area contributed by atoms with E-state index in [0.717, 1.165) is 6.42 Å². The number of methoxy groups -OCH3 is 1. The van der Waals surface area contributed by atoms with Gasteiger partial charge in [-0.1, -0.05) is 18.6 Å². The van der Waals surface area contributed by atoms with Gasteiger partial charge in [-0.2, -0.15) is 0 Å². The summed E-state index contributed by atoms with van der Waals surface area (Å²) in [5.74, 6) is 1.35. The van der Waals surface area contributed by atoms with Crippen LogP contribution in [0.1, 0.15) is 25.7 Å². The molecule has 0 N–H and O–H groups in total. The highest BCUT2D eigenvalue weighted by atomic mass is 16.5. The third-order valence-corrected chi connectivity index (χ3v) is 3.42. The number of esters is 1. The molecule has 2 aliphatic carbocycles. The van der Waals surface area contributed by atoms with Gasteiger partial charge in [-0.25, -0.2) is 0 Å². The Kier molecular flexibility index (Phi) is 2.38. The minimum atomic E-state index is -0.0127. The molecule has 0 saturated heterocycles. The van der Waals surface area contributed by atoms with Crippen LogP contribution >= 0.6 is 0 Å². The molecule has 72 valence electrons. The van der Waals surface area contributed by atoms with Gasteiger partial charge >= 0.3 is 5.97 Å². The molecule has 13 heavy (non-hydrogen) atoms. The second kappa shape index (κ2) is 3.52. The van der Waals surface area contributed by atoms with Crippen LogP contribution in [-0.4, -0.2) is 13.1 Å². The van der Waals surface area contributed by atoms with E-state index in [1.165, 1.54) is 26.4 Å². The number of carbonyl (C=O) groups is 1. The maximum absolute atomic E-state index is 11.5. The molecule has 2 heteroatoms. The topological polar surface area (TPSA) is 26.3 Å². The van der Waals surface area contributed by atoms with Gasteiger partial charge in [-0.3, -0.25) is 4.79 Å². The summed E-state index contributed by atoms with van der Waals surface area (Å²) in [4.78, 5) is 11.5. The van der Waals surface area contributed by atoms with E-state index < -0.39 is 0 Å². The quantitative estimate of drug-likeness (QED) is 0.456. The van der Waals surface area contributed by atoms with E-state index in [4.69, 9.17) is 4.74 Å². The van der Waals surface area contributed by atoms with E-state index in [1.807, 2.05) is 0 Å². The number of hydrogen-bond acceptors (Lipinski definition) is 2. The molecule has 0 radical (unpaired) electrons. The Morgan fingerprint density at radius 1 is 1.46 bits per heavy atom. The van der Waals surface area contributed by atoms with Crippen molar-refractivity contribution in [3.63, 3.8) is 0 Å². The predicted octanol–water partition coefficient (Wildman–Crippen LogP) is 2.15. The van der Waals surface area contributed by atoms with Crippen molar-refractivity contribution in [2.45, 2.75) is 25.7 Å². The molecule has 3 atom stereocenters. The SMILES string of the molecule is COC(=O)[C@@H]1CC=CC2CCCC21. The molecule has 0 aromatic rings. The van der Waals surface area contributed by atoms with Crippen molar-refractivity contribution >= 4 is 5.97 Å². The van der Waals surface area contributed by atoms with Gasteiger partial charge in [0.1, 0.15) is 0 Å². The molecule has 0 bridgehead atoms. The Bertz CT molecular complexity index is 232. The Morgan fingerprint density at radius 3 is 3.08 bits per heavy atom. The molecule has 2 aliphatic rings. The fourth-order valence-corrected chi connectivity index (χ4v) is 2.75. The lowest BCUT2D eigenvalue weighted by molar-refractivity contribution is -0.147. The van der Waals surface area contributed by atoms with Crippen molar-refractivity contribution in [2.75, 3.05) is 7.11 Å².